The van der Waals surface area contributed by atoms with Crippen LogP contribution in [0.1, 0.15) is 28.9 Å². The number of aromatic amines is 1. The van der Waals surface area contributed by atoms with Gasteiger partial charge in [-0.15, -0.1) is 0 Å². The van der Waals surface area contributed by atoms with Gasteiger partial charge in [0.05, 0.1) is 5.56 Å². The van der Waals surface area contributed by atoms with E-state index in [1.54, 1.807) is 12.4 Å². The minimum Gasteiger partial charge on any atom is -0.357 e. The van der Waals surface area contributed by atoms with E-state index in [0.717, 1.165) is 22.5 Å². The minimum absolute atomic E-state index is 0.00894. The van der Waals surface area contributed by atoms with Crippen LogP contribution < -0.4 is 5.32 Å². The summed E-state index contributed by atoms with van der Waals surface area (Å²) in [5.74, 6) is 0.341. The van der Waals surface area contributed by atoms with E-state index in [9.17, 15) is 4.79 Å². The average molecular weight is 227 g/mol. The molecule has 0 unspecified atom stereocenters. The van der Waals surface area contributed by atoms with Crippen LogP contribution >= 0.6 is 0 Å². The normalized spacial score (nSPS) is 18.6. The summed E-state index contributed by atoms with van der Waals surface area (Å²) in [5, 5.41) is 2.88. The Kier molecular flexibility index (Phi) is 2.21. The number of fused-ring (bicyclic) bond motifs is 1. The van der Waals surface area contributed by atoms with Crippen LogP contribution in [-0.4, -0.2) is 22.4 Å². The Morgan fingerprint density at radius 3 is 2.82 bits per heavy atom. The molecule has 4 heteroatoms. The van der Waals surface area contributed by atoms with Gasteiger partial charge in [-0.2, -0.15) is 0 Å². The van der Waals surface area contributed by atoms with E-state index >= 15 is 0 Å². The second-order valence-corrected chi connectivity index (χ2v) is 4.36. The highest BCUT2D eigenvalue weighted by atomic mass is 16.1. The van der Waals surface area contributed by atoms with Crippen LogP contribution in [0.15, 0.2) is 30.6 Å². The number of amides is 1. The summed E-state index contributed by atoms with van der Waals surface area (Å²) in [7, 11) is 0. The van der Waals surface area contributed by atoms with E-state index in [1.807, 2.05) is 18.2 Å². The summed E-state index contributed by atoms with van der Waals surface area (Å²) in [5.41, 5.74) is 3.81. The maximum Gasteiger partial charge on any atom is 0.253 e. The van der Waals surface area contributed by atoms with Crippen LogP contribution in [0, 0.1) is 0 Å². The van der Waals surface area contributed by atoms with Gasteiger partial charge >= 0.3 is 0 Å². The lowest BCUT2D eigenvalue weighted by molar-refractivity contribution is 0.0941. The van der Waals surface area contributed by atoms with Gasteiger partial charge in [0, 0.05) is 41.8 Å². The summed E-state index contributed by atoms with van der Waals surface area (Å²) in [6.45, 7) is 2.80. The predicted molar refractivity (Wildman–Crippen MR) is 64.8 cm³/mol. The molecule has 0 aromatic carbocycles. The first-order chi connectivity index (χ1) is 8.25. The van der Waals surface area contributed by atoms with Crippen molar-refractivity contribution in [2.75, 3.05) is 6.54 Å². The van der Waals surface area contributed by atoms with Crippen LogP contribution in [0.25, 0.3) is 11.3 Å². The Hall–Kier alpha value is -2.10. The Labute approximate surface area is 99.1 Å². The van der Waals surface area contributed by atoms with Crippen molar-refractivity contribution in [2.24, 2.45) is 0 Å². The minimum atomic E-state index is 0.00894. The van der Waals surface area contributed by atoms with E-state index in [4.69, 9.17) is 0 Å². The summed E-state index contributed by atoms with van der Waals surface area (Å²) < 4.78 is 0. The number of nitrogens with one attached hydrogen (secondary N) is 2. The molecule has 0 radical (unpaired) electrons. The third kappa shape index (κ3) is 1.62. The SMILES string of the molecule is C[C@@H]1CNC(=O)c2cc(-c3ccncc3)[nH]c21. The van der Waals surface area contributed by atoms with E-state index in [-0.39, 0.29) is 5.91 Å². The van der Waals surface area contributed by atoms with E-state index in [0.29, 0.717) is 12.5 Å². The zero-order valence-electron chi connectivity index (χ0n) is 9.53. The number of hydrogen-bond donors (Lipinski definition) is 2. The van der Waals surface area contributed by atoms with Gasteiger partial charge in [0.2, 0.25) is 0 Å². The molecule has 2 aromatic rings. The third-order valence-electron chi connectivity index (χ3n) is 3.15. The Balaban J connectivity index is 2.10. The zero-order chi connectivity index (χ0) is 11.8. The zero-order valence-corrected chi connectivity index (χ0v) is 9.53. The number of aromatic nitrogens is 2. The topological polar surface area (TPSA) is 57.8 Å². The maximum atomic E-state index is 11.7. The molecule has 0 saturated carbocycles. The molecule has 4 nitrogen and oxygen atoms in total. The second-order valence-electron chi connectivity index (χ2n) is 4.36. The molecule has 3 rings (SSSR count). The monoisotopic (exact) mass is 227 g/mol. The molecule has 0 saturated heterocycles. The summed E-state index contributed by atoms with van der Waals surface area (Å²) in [4.78, 5) is 19.1. The van der Waals surface area contributed by atoms with Crippen LogP contribution in [-0.2, 0) is 0 Å². The molecule has 2 N–H and O–H groups in total. The first-order valence-corrected chi connectivity index (χ1v) is 5.67. The number of carbonyl (C=O) groups excluding carboxylic acids is 1. The molecule has 86 valence electrons. The fourth-order valence-electron chi connectivity index (χ4n) is 2.18. The van der Waals surface area contributed by atoms with E-state index in [2.05, 4.69) is 22.2 Å². The molecule has 3 heterocycles. The molecule has 1 atom stereocenters. The van der Waals surface area contributed by atoms with Gasteiger partial charge in [0.1, 0.15) is 0 Å². The predicted octanol–water partition coefficient (Wildman–Crippen LogP) is 1.92. The largest absolute Gasteiger partial charge is 0.357 e. The standard InChI is InChI=1S/C13H13N3O/c1-8-7-15-13(17)10-6-11(16-12(8)10)9-2-4-14-5-3-9/h2-6,8,16H,7H2,1H3,(H,15,17)/t8-/m1/s1. The van der Waals surface area contributed by atoms with Crippen molar-refractivity contribution in [3.8, 4) is 11.3 Å². The van der Waals surface area contributed by atoms with Gasteiger partial charge in [0.15, 0.2) is 0 Å². The van der Waals surface area contributed by atoms with Crippen molar-refractivity contribution in [3.05, 3.63) is 41.9 Å². The highest BCUT2D eigenvalue weighted by Gasteiger charge is 2.24. The van der Waals surface area contributed by atoms with Crippen LogP contribution in [0.5, 0.6) is 0 Å². The average Bonchev–Trinajstić information content (AvgIpc) is 2.81. The summed E-state index contributed by atoms with van der Waals surface area (Å²) in [6, 6.07) is 5.77. The molecule has 0 spiro atoms. The smallest absolute Gasteiger partial charge is 0.253 e. The highest BCUT2D eigenvalue weighted by Crippen LogP contribution is 2.28. The number of carbonyl (C=O) groups is 1. The molecule has 1 aliphatic rings. The quantitative estimate of drug-likeness (QED) is 0.782. The lowest BCUT2D eigenvalue weighted by Crippen LogP contribution is -2.33. The molecular formula is C13H13N3O. The third-order valence-corrected chi connectivity index (χ3v) is 3.15. The molecule has 0 fully saturated rings. The van der Waals surface area contributed by atoms with Crippen molar-refractivity contribution in [3.63, 3.8) is 0 Å². The van der Waals surface area contributed by atoms with Gasteiger partial charge in [-0.3, -0.25) is 9.78 Å². The fourth-order valence-corrected chi connectivity index (χ4v) is 2.18. The molecule has 0 aliphatic carbocycles. The number of H-pyrrole nitrogens is 1. The Morgan fingerprint density at radius 2 is 2.12 bits per heavy atom. The number of rotatable bonds is 1. The number of pyridine rings is 1. The first-order valence-electron chi connectivity index (χ1n) is 5.67. The van der Waals surface area contributed by atoms with Crippen molar-refractivity contribution < 1.29 is 4.79 Å². The van der Waals surface area contributed by atoms with Crippen LogP contribution in [0.2, 0.25) is 0 Å². The van der Waals surface area contributed by atoms with Gasteiger partial charge < -0.3 is 10.3 Å². The van der Waals surface area contributed by atoms with Crippen molar-refractivity contribution >= 4 is 5.91 Å². The molecular weight excluding hydrogens is 214 g/mol. The second kappa shape index (κ2) is 3.73. The van der Waals surface area contributed by atoms with Crippen molar-refractivity contribution in [1.82, 2.24) is 15.3 Å². The molecule has 17 heavy (non-hydrogen) atoms. The van der Waals surface area contributed by atoms with Crippen molar-refractivity contribution in [1.29, 1.82) is 0 Å². The Bertz CT molecular complexity index is 559. The van der Waals surface area contributed by atoms with E-state index in [1.165, 1.54) is 0 Å². The lowest BCUT2D eigenvalue weighted by atomic mass is 10.00. The van der Waals surface area contributed by atoms with Gasteiger partial charge in [-0.1, -0.05) is 6.92 Å². The van der Waals surface area contributed by atoms with Gasteiger partial charge in [0.25, 0.3) is 5.91 Å². The van der Waals surface area contributed by atoms with Crippen LogP contribution in [0.3, 0.4) is 0 Å². The maximum absolute atomic E-state index is 11.7. The molecule has 1 amide bonds. The lowest BCUT2D eigenvalue weighted by Gasteiger charge is -2.18. The fraction of sp³-hybridized carbons (Fsp3) is 0.231. The first kappa shape index (κ1) is 10.1. The highest BCUT2D eigenvalue weighted by molar-refractivity contribution is 5.98. The van der Waals surface area contributed by atoms with Gasteiger partial charge in [-0.05, 0) is 18.2 Å². The van der Waals surface area contributed by atoms with Crippen LogP contribution in [0.4, 0.5) is 0 Å². The Morgan fingerprint density at radius 1 is 1.35 bits per heavy atom. The summed E-state index contributed by atoms with van der Waals surface area (Å²) in [6.07, 6.45) is 3.50. The summed E-state index contributed by atoms with van der Waals surface area (Å²) >= 11 is 0. The van der Waals surface area contributed by atoms with E-state index < -0.39 is 0 Å². The molecule has 1 aliphatic heterocycles. The van der Waals surface area contributed by atoms with Gasteiger partial charge in [-0.25, -0.2) is 0 Å². The number of hydrogen-bond acceptors (Lipinski definition) is 2. The molecule has 2 aromatic heterocycles. The number of nitrogens with zero attached hydrogens (tertiary/aromatic N) is 1. The molecule has 0 bridgehead atoms. The van der Waals surface area contributed by atoms with Crippen molar-refractivity contribution in [2.45, 2.75) is 12.8 Å².